The molecule has 7 nitrogen and oxygen atoms in total. The molecule has 0 amide bonds. The van der Waals surface area contributed by atoms with Gasteiger partial charge in [0.2, 0.25) is 0 Å². The molecule has 3 aromatic rings. The van der Waals surface area contributed by atoms with Crippen LogP contribution in [0.1, 0.15) is 29.7 Å². The Hall–Kier alpha value is -2.78. The number of nitro benzene ring substituents is 1. The normalized spacial score (nSPS) is 15.2. The zero-order chi connectivity index (χ0) is 22.0. The molecule has 0 saturated carbocycles. The number of aryl methyl sites for hydroxylation is 1. The summed E-state index contributed by atoms with van der Waals surface area (Å²) >= 11 is 1.59. The van der Waals surface area contributed by atoms with Crippen LogP contribution in [0.15, 0.2) is 58.8 Å². The van der Waals surface area contributed by atoms with Gasteiger partial charge in [0.05, 0.1) is 20.8 Å². The molecule has 0 aliphatic carbocycles. The quantitative estimate of drug-likeness (QED) is 0.402. The number of aromatic nitrogens is 1. The van der Waals surface area contributed by atoms with Crippen molar-refractivity contribution in [2.75, 3.05) is 18.0 Å². The van der Waals surface area contributed by atoms with E-state index in [1.807, 2.05) is 6.07 Å². The molecule has 1 fully saturated rings. The SMILES string of the molecule is Cc1cccc(Cc2csc(N3CCC(S(=O)(=O)c4ccc([N+](=O)[O-])cc4)CC3)n2)c1. The first-order chi connectivity index (χ1) is 14.8. The minimum atomic E-state index is -3.52. The number of benzene rings is 2. The van der Waals surface area contributed by atoms with E-state index in [-0.39, 0.29) is 10.6 Å². The lowest BCUT2D eigenvalue weighted by atomic mass is 10.1. The predicted octanol–water partition coefficient (Wildman–Crippen LogP) is 4.39. The first-order valence-corrected chi connectivity index (χ1v) is 12.5. The summed E-state index contributed by atoms with van der Waals surface area (Å²) in [5, 5.41) is 13.3. The summed E-state index contributed by atoms with van der Waals surface area (Å²) in [5.74, 6) is 0. The zero-order valence-electron chi connectivity index (χ0n) is 17.1. The number of thiazole rings is 1. The van der Waals surface area contributed by atoms with Gasteiger partial charge in [0.25, 0.3) is 5.69 Å². The first-order valence-electron chi connectivity index (χ1n) is 10.1. The molecule has 2 aromatic carbocycles. The molecule has 0 spiro atoms. The van der Waals surface area contributed by atoms with Gasteiger partial charge in [-0.25, -0.2) is 13.4 Å². The lowest BCUT2D eigenvalue weighted by Crippen LogP contribution is -2.39. The van der Waals surface area contributed by atoms with Gasteiger partial charge < -0.3 is 4.90 Å². The van der Waals surface area contributed by atoms with Gasteiger partial charge in [-0.1, -0.05) is 29.8 Å². The molecule has 9 heteroatoms. The highest BCUT2D eigenvalue weighted by Gasteiger charge is 2.32. The highest BCUT2D eigenvalue weighted by Crippen LogP contribution is 2.30. The number of non-ortho nitro benzene ring substituents is 1. The fraction of sp³-hybridized carbons (Fsp3) is 0.318. The van der Waals surface area contributed by atoms with Crippen LogP contribution in [0, 0.1) is 17.0 Å². The maximum atomic E-state index is 12.9. The van der Waals surface area contributed by atoms with Crippen LogP contribution in [0.5, 0.6) is 0 Å². The second-order valence-electron chi connectivity index (χ2n) is 7.77. The molecule has 0 radical (unpaired) electrons. The summed E-state index contributed by atoms with van der Waals surface area (Å²) in [7, 11) is -3.52. The molecule has 0 bridgehead atoms. The van der Waals surface area contributed by atoms with Gasteiger partial charge in [-0.3, -0.25) is 10.1 Å². The molecular weight excluding hydrogens is 434 g/mol. The van der Waals surface area contributed by atoms with E-state index in [1.54, 1.807) is 11.3 Å². The molecule has 4 rings (SSSR count). The van der Waals surface area contributed by atoms with Gasteiger partial charge in [-0.05, 0) is 37.5 Å². The van der Waals surface area contributed by atoms with E-state index in [2.05, 4.69) is 35.4 Å². The molecule has 1 aromatic heterocycles. The Bertz CT molecular complexity index is 1180. The Morgan fingerprint density at radius 2 is 1.87 bits per heavy atom. The van der Waals surface area contributed by atoms with Gasteiger partial charge in [0, 0.05) is 37.0 Å². The van der Waals surface area contributed by atoms with Crippen LogP contribution in [-0.2, 0) is 16.3 Å². The Labute approximate surface area is 185 Å². The monoisotopic (exact) mass is 457 g/mol. The van der Waals surface area contributed by atoms with Crippen LogP contribution in [0.3, 0.4) is 0 Å². The predicted molar refractivity (Wildman–Crippen MR) is 122 cm³/mol. The molecular formula is C22H23N3O4S2. The second kappa shape index (κ2) is 8.76. The summed E-state index contributed by atoms with van der Waals surface area (Å²) in [6, 6.07) is 13.5. The smallest absolute Gasteiger partial charge is 0.269 e. The molecule has 1 saturated heterocycles. The number of hydrogen-bond acceptors (Lipinski definition) is 7. The average molecular weight is 458 g/mol. The average Bonchev–Trinajstić information content (AvgIpc) is 3.22. The lowest BCUT2D eigenvalue weighted by molar-refractivity contribution is -0.384. The van der Waals surface area contributed by atoms with Gasteiger partial charge in [0.15, 0.2) is 15.0 Å². The number of nitrogens with zero attached hydrogens (tertiary/aromatic N) is 3. The van der Waals surface area contributed by atoms with Crippen LogP contribution < -0.4 is 4.90 Å². The number of hydrogen-bond donors (Lipinski definition) is 0. The Morgan fingerprint density at radius 1 is 1.16 bits per heavy atom. The molecule has 1 aliphatic heterocycles. The summed E-state index contributed by atoms with van der Waals surface area (Å²) < 4.78 is 25.9. The molecule has 0 unspecified atom stereocenters. The number of sulfone groups is 1. The zero-order valence-corrected chi connectivity index (χ0v) is 18.7. The van der Waals surface area contributed by atoms with Crippen LogP contribution in [-0.4, -0.2) is 36.7 Å². The number of nitro groups is 1. The van der Waals surface area contributed by atoms with E-state index in [0.29, 0.717) is 25.9 Å². The van der Waals surface area contributed by atoms with Crippen molar-refractivity contribution in [2.24, 2.45) is 0 Å². The molecule has 0 atom stereocenters. The topological polar surface area (TPSA) is 93.4 Å². The fourth-order valence-electron chi connectivity index (χ4n) is 3.86. The number of rotatable bonds is 6. The second-order valence-corrected chi connectivity index (χ2v) is 10.8. The third-order valence-electron chi connectivity index (χ3n) is 5.53. The van der Waals surface area contributed by atoms with Crippen molar-refractivity contribution in [3.63, 3.8) is 0 Å². The first kappa shape index (κ1) is 21.5. The third kappa shape index (κ3) is 4.77. The maximum absolute atomic E-state index is 12.9. The van der Waals surface area contributed by atoms with E-state index in [9.17, 15) is 18.5 Å². The highest BCUT2D eigenvalue weighted by molar-refractivity contribution is 7.92. The molecule has 0 N–H and O–H groups in total. The number of piperidine rings is 1. The molecule has 1 aliphatic rings. The third-order valence-corrected chi connectivity index (χ3v) is 8.76. The molecule has 2 heterocycles. The van der Waals surface area contributed by atoms with Crippen LogP contribution in [0.25, 0.3) is 0 Å². The summed E-state index contributed by atoms with van der Waals surface area (Å²) in [6.07, 6.45) is 1.79. The Kier molecular flexibility index (Phi) is 6.06. The maximum Gasteiger partial charge on any atom is 0.269 e. The van der Waals surface area contributed by atoms with E-state index >= 15 is 0 Å². The van der Waals surface area contributed by atoms with Crippen molar-refractivity contribution in [3.05, 3.63) is 80.8 Å². The van der Waals surface area contributed by atoms with E-state index < -0.39 is 20.0 Å². The fourth-order valence-corrected chi connectivity index (χ4v) is 6.47. The number of anilines is 1. The van der Waals surface area contributed by atoms with Crippen molar-refractivity contribution < 1.29 is 13.3 Å². The van der Waals surface area contributed by atoms with Crippen molar-refractivity contribution >= 4 is 32.0 Å². The highest BCUT2D eigenvalue weighted by atomic mass is 32.2. The van der Waals surface area contributed by atoms with Crippen molar-refractivity contribution in [1.82, 2.24) is 4.98 Å². The van der Waals surface area contributed by atoms with Crippen molar-refractivity contribution in [1.29, 1.82) is 0 Å². The largest absolute Gasteiger partial charge is 0.348 e. The van der Waals surface area contributed by atoms with Crippen molar-refractivity contribution in [3.8, 4) is 0 Å². The summed E-state index contributed by atoms with van der Waals surface area (Å²) in [6.45, 7) is 3.31. The van der Waals surface area contributed by atoms with E-state index in [4.69, 9.17) is 4.98 Å². The van der Waals surface area contributed by atoms with Crippen LogP contribution >= 0.6 is 11.3 Å². The molecule has 162 valence electrons. The van der Waals surface area contributed by atoms with Crippen LogP contribution in [0.4, 0.5) is 10.8 Å². The van der Waals surface area contributed by atoms with Gasteiger partial charge in [0.1, 0.15) is 0 Å². The summed E-state index contributed by atoms with van der Waals surface area (Å²) in [5.41, 5.74) is 3.36. The van der Waals surface area contributed by atoms with Gasteiger partial charge in [-0.2, -0.15) is 0 Å². The van der Waals surface area contributed by atoms with E-state index in [1.165, 1.54) is 35.4 Å². The van der Waals surface area contributed by atoms with E-state index in [0.717, 1.165) is 17.2 Å². The molecule has 31 heavy (non-hydrogen) atoms. The standard InChI is InChI=1S/C22H23N3O4S2/c1-16-3-2-4-17(13-16)14-18-15-30-22(23-18)24-11-9-21(10-12-24)31(28,29)20-7-5-19(6-8-20)25(26)27/h2-8,13,15,21H,9-12,14H2,1H3. The van der Waals surface area contributed by atoms with Crippen molar-refractivity contribution in [2.45, 2.75) is 36.3 Å². The summed E-state index contributed by atoms with van der Waals surface area (Å²) in [4.78, 5) is 17.3. The van der Waals surface area contributed by atoms with Crippen LogP contribution in [0.2, 0.25) is 0 Å². The minimum Gasteiger partial charge on any atom is -0.348 e. The lowest BCUT2D eigenvalue weighted by Gasteiger charge is -2.31. The minimum absolute atomic E-state index is 0.112. The Morgan fingerprint density at radius 3 is 2.52 bits per heavy atom. The van der Waals surface area contributed by atoms with Gasteiger partial charge >= 0.3 is 0 Å². The Balaban J connectivity index is 1.39. The van der Waals surface area contributed by atoms with Gasteiger partial charge in [-0.15, -0.1) is 11.3 Å².